The third-order valence-corrected chi connectivity index (χ3v) is 2.54. The molecule has 0 bridgehead atoms. The first-order valence-electron chi connectivity index (χ1n) is 4.40. The molecule has 0 spiro atoms. The summed E-state index contributed by atoms with van der Waals surface area (Å²) in [6.07, 6.45) is 0.422. The van der Waals surface area contributed by atoms with E-state index in [4.69, 9.17) is 5.26 Å². The molecule has 2 rings (SSSR count). The molecule has 0 saturated carbocycles. The van der Waals surface area contributed by atoms with Gasteiger partial charge in [-0.1, -0.05) is 24.3 Å². The number of carbonyl (C=O) groups is 1. The van der Waals surface area contributed by atoms with E-state index in [2.05, 4.69) is 0 Å². The van der Waals surface area contributed by atoms with Gasteiger partial charge in [0.1, 0.15) is 6.07 Å². The molecule has 0 heterocycles. The van der Waals surface area contributed by atoms with Gasteiger partial charge < -0.3 is 0 Å². The molecule has 1 aliphatic carbocycles. The number of nitriles is 1. The second-order valence-corrected chi connectivity index (χ2v) is 3.40. The Hall–Kier alpha value is -1.69. The largest absolute Gasteiger partial charge is 0.289 e. The van der Waals surface area contributed by atoms with E-state index in [1.807, 2.05) is 6.07 Å². The van der Waals surface area contributed by atoms with Gasteiger partial charge in [0.05, 0.1) is 0 Å². The highest BCUT2D eigenvalue weighted by molar-refractivity contribution is 6.06. The van der Waals surface area contributed by atoms with Crippen LogP contribution in [-0.4, -0.2) is 11.5 Å². The summed E-state index contributed by atoms with van der Waals surface area (Å²) in [5, 5.41) is 8.60. The number of nitrogens with zero attached hydrogens (tertiary/aromatic N) is 1. The van der Waals surface area contributed by atoms with Crippen LogP contribution in [0.25, 0.3) is 0 Å². The second kappa shape index (κ2) is 2.91. The standard InChI is InChI=1S/C11H8FNO/c12-11(7-13)6-5-8-3-1-2-4-9(8)10(11)14/h1-4H,5-6H2. The van der Waals surface area contributed by atoms with E-state index in [0.29, 0.717) is 12.0 Å². The summed E-state index contributed by atoms with van der Waals surface area (Å²) >= 11 is 0. The monoisotopic (exact) mass is 189 g/mol. The smallest absolute Gasteiger partial charge is 0.258 e. The van der Waals surface area contributed by atoms with Crippen molar-refractivity contribution >= 4 is 5.78 Å². The number of alkyl halides is 1. The van der Waals surface area contributed by atoms with Crippen LogP contribution in [0.4, 0.5) is 4.39 Å². The molecule has 0 saturated heterocycles. The van der Waals surface area contributed by atoms with Gasteiger partial charge in [0.25, 0.3) is 5.67 Å². The molecule has 0 radical (unpaired) electrons. The number of benzene rings is 1. The van der Waals surface area contributed by atoms with Gasteiger partial charge in [0.2, 0.25) is 5.78 Å². The van der Waals surface area contributed by atoms with Crippen molar-refractivity contribution in [2.75, 3.05) is 0 Å². The van der Waals surface area contributed by atoms with E-state index in [-0.39, 0.29) is 6.42 Å². The molecule has 0 aromatic heterocycles. The number of carbonyl (C=O) groups excluding carboxylic acids is 1. The highest BCUT2D eigenvalue weighted by Crippen LogP contribution is 2.30. The van der Waals surface area contributed by atoms with Crippen molar-refractivity contribution in [3.05, 3.63) is 35.4 Å². The molecule has 1 aliphatic rings. The molecule has 0 aliphatic heterocycles. The topological polar surface area (TPSA) is 40.9 Å². The van der Waals surface area contributed by atoms with Crippen molar-refractivity contribution < 1.29 is 9.18 Å². The highest BCUT2D eigenvalue weighted by Gasteiger charge is 2.43. The first-order valence-corrected chi connectivity index (χ1v) is 4.40. The molecule has 2 nitrogen and oxygen atoms in total. The van der Waals surface area contributed by atoms with Crippen LogP contribution in [0.3, 0.4) is 0 Å². The van der Waals surface area contributed by atoms with E-state index in [1.54, 1.807) is 18.2 Å². The van der Waals surface area contributed by atoms with Crippen LogP contribution < -0.4 is 0 Å². The van der Waals surface area contributed by atoms with Gasteiger partial charge in [-0.05, 0) is 12.0 Å². The molecule has 14 heavy (non-hydrogen) atoms. The SMILES string of the molecule is N#CC1(F)CCc2ccccc2C1=O. The summed E-state index contributed by atoms with van der Waals surface area (Å²) in [5.41, 5.74) is -1.13. The average molecular weight is 189 g/mol. The molecule has 0 N–H and O–H groups in total. The minimum Gasteiger partial charge on any atom is -0.289 e. The maximum atomic E-state index is 13.7. The molecular weight excluding hydrogens is 181 g/mol. The zero-order valence-corrected chi connectivity index (χ0v) is 7.46. The lowest BCUT2D eigenvalue weighted by Gasteiger charge is -2.23. The summed E-state index contributed by atoms with van der Waals surface area (Å²) in [4.78, 5) is 11.6. The highest BCUT2D eigenvalue weighted by atomic mass is 19.1. The van der Waals surface area contributed by atoms with Crippen LogP contribution >= 0.6 is 0 Å². The number of hydrogen-bond donors (Lipinski definition) is 0. The first kappa shape index (κ1) is 8.89. The van der Waals surface area contributed by atoms with Crippen molar-refractivity contribution in [3.8, 4) is 6.07 Å². The lowest BCUT2D eigenvalue weighted by atomic mass is 9.81. The number of fused-ring (bicyclic) bond motifs is 1. The normalized spacial score (nSPS) is 25.3. The van der Waals surface area contributed by atoms with Crippen LogP contribution in [-0.2, 0) is 6.42 Å². The Kier molecular flexibility index (Phi) is 1.85. The van der Waals surface area contributed by atoms with E-state index < -0.39 is 11.5 Å². The van der Waals surface area contributed by atoms with Crippen LogP contribution in [0.15, 0.2) is 24.3 Å². The van der Waals surface area contributed by atoms with Gasteiger partial charge >= 0.3 is 0 Å². The fourth-order valence-electron chi connectivity index (χ4n) is 1.70. The summed E-state index contributed by atoms with van der Waals surface area (Å²) in [6.45, 7) is 0. The van der Waals surface area contributed by atoms with Crippen LogP contribution in [0.1, 0.15) is 22.3 Å². The predicted molar refractivity (Wildman–Crippen MR) is 48.5 cm³/mol. The quantitative estimate of drug-likeness (QED) is 0.626. The van der Waals surface area contributed by atoms with Gasteiger partial charge in [0.15, 0.2) is 0 Å². The third-order valence-electron chi connectivity index (χ3n) is 2.54. The minimum atomic E-state index is -2.31. The molecule has 3 heteroatoms. The molecular formula is C11H8FNO. The number of Topliss-reactive ketones (excluding diaryl/α,β-unsaturated/α-hetero) is 1. The van der Waals surface area contributed by atoms with E-state index in [9.17, 15) is 9.18 Å². The number of rotatable bonds is 0. The summed E-state index contributed by atoms with van der Waals surface area (Å²) < 4.78 is 13.7. The second-order valence-electron chi connectivity index (χ2n) is 3.40. The molecule has 1 atom stereocenters. The average Bonchev–Trinajstić information content (AvgIpc) is 2.24. The number of halogens is 1. The zero-order chi connectivity index (χ0) is 10.2. The van der Waals surface area contributed by atoms with E-state index >= 15 is 0 Å². The lowest BCUT2D eigenvalue weighted by Crippen LogP contribution is -2.36. The van der Waals surface area contributed by atoms with Gasteiger partial charge in [-0.2, -0.15) is 5.26 Å². The summed E-state index contributed by atoms with van der Waals surface area (Å²) in [7, 11) is 0. The molecule has 1 aromatic carbocycles. The number of ketones is 1. The lowest BCUT2D eigenvalue weighted by molar-refractivity contribution is 0.0758. The molecule has 1 unspecified atom stereocenters. The van der Waals surface area contributed by atoms with Gasteiger partial charge in [0, 0.05) is 12.0 Å². The fraction of sp³-hybridized carbons (Fsp3) is 0.273. The maximum Gasteiger partial charge on any atom is 0.258 e. The van der Waals surface area contributed by atoms with Crippen molar-refractivity contribution in [2.45, 2.75) is 18.5 Å². The summed E-state index contributed by atoms with van der Waals surface area (Å²) in [5.74, 6) is -0.693. The van der Waals surface area contributed by atoms with Crippen molar-refractivity contribution in [1.82, 2.24) is 0 Å². The third kappa shape index (κ3) is 1.12. The first-order chi connectivity index (χ1) is 6.67. The van der Waals surface area contributed by atoms with E-state index in [0.717, 1.165) is 5.56 Å². The van der Waals surface area contributed by atoms with Crippen LogP contribution in [0.2, 0.25) is 0 Å². The number of hydrogen-bond acceptors (Lipinski definition) is 2. The maximum absolute atomic E-state index is 13.7. The molecule has 0 amide bonds. The molecule has 1 aromatic rings. The predicted octanol–water partition coefficient (Wildman–Crippen LogP) is 2.05. The summed E-state index contributed by atoms with van der Waals surface area (Å²) in [6, 6.07) is 8.31. The molecule has 0 fully saturated rings. The Balaban J connectivity index is 2.53. The van der Waals surface area contributed by atoms with E-state index in [1.165, 1.54) is 6.07 Å². The Morgan fingerprint density at radius 1 is 1.43 bits per heavy atom. The Bertz CT molecular complexity index is 435. The van der Waals surface area contributed by atoms with Crippen LogP contribution in [0, 0.1) is 11.3 Å². The van der Waals surface area contributed by atoms with Crippen molar-refractivity contribution in [1.29, 1.82) is 5.26 Å². The van der Waals surface area contributed by atoms with Crippen molar-refractivity contribution in [3.63, 3.8) is 0 Å². The fourth-order valence-corrected chi connectivity index (χ4v) is 1.70. The van der Waals surface area contributed by atoms with Gasteiger partial charge in [-0.3, -0.25) is 4.79 Å². The minimum absolute atomic E-state index is 0.0284. The van der Waals surface area contributed by atoms with Crippen molar-refractivity contribution in [2.24, 2.45) is 0 Å². The Morgan fingerprint density at radius 3 is 2.86 bits per heavy atom. The van der Waals surface area contributed by atoms with Gasteiger partial charge in [-0.15, -0.1) is 0 Å². The Morgan fingerprint density at radius 2 is 2.14 bits per heavy atom. The number of aryl methyl sites for hydroxylation is 1. The zero-order valence-electron chi connectivity index (χ0n) is 7.46. The Labute approximate surface area is 81.0 Å². The van der Waals surface area contributed by atoms with Gasteiger partial charge in [-0.25, -0.2) is 4.39 Å². The molecule has 70 valence electrons. The van der Waals surface area contributed by atoms with Crippen LogP contribution in [0.5, 0.6) is 0 Å².